The van der Waals surface area contributed by atoms with E-state index in [4.69, 9.17) is 9.47 Å². The summed E-state index contributed by atoms with van der Waals surface area (Å²) in [5, 5.41) is 5.01. The van der Waals surface area contributed by atoms with Gasteiger partial charge in [0.25, 0.3) is 11.8 Å². The third kappa shape index (κ3) is 3.82. The van der Waals surface area contributed by atoms with Crippen molar-refractivity contribution in [2.24, 2.45) is 7.05 Å². The van der Waals surface area contributed by atoms with E-state index >= 15 is 0 Å². The molecule has 5 rings (SSSR count). The molecule has 2 saturated heterocycles. The Labute approximate surface area is 183 Å². The minimum Gasteiger partial charge on any atom is -0.378 e. The Morgan fingerprint density at radius 3 is 2.71 bits per heavy atom. The van der Waals surface area contributed by atoms with Crippen molar-refractivity contribution in [1.29, 1.82) is 0 Å². The second-order valence-corrected chi connectivity index (χ2v) is 8.62. The number of aryl methyl sites for hydroxylation is 1. The molecule has 10 heteroatoms. The van der Waals surface area contributed by atoms with Crippen LogP contribution >= 0.6 is 11.3 Å². The van der Waals surface area contributed by atoms with Crippen LogP contribution in [-0.2, 0) is 16.5 Å². The van der Waals surface area contributed by atoms with Crippen molar-refractivity contribution in [1.82, 2.24) is 24.6 Å². The summed E-state index contributed by atoms with van der Waals surface area (Å²) in [4.78, 5) is 35.8. The number of carbonyl (C=O) groups is 2. The van der Waals surface area contributed by atoms with Gasteiger partial charge in [0.2, 0.25) is 0 Å². The van der Waals surface area contributed by atoms with Crippen LogP contribution in [-0.4, -0.2) is 82.4 Å². The van der Waals surface area contributed by atoms with Gasteiger partial charge in [0.05, 0.1) is 38.1 Å². The number of ether oxygens (including phenoxy) is 2. The average Bonchev–Trinajstić information content (AvgIpc) is 3.42. The van der Waals surface area contributed by atoms with Gasteiger partial charge in [0, 0.05) is 50.0 Å². The fraction of sp³-hybridized carbons (Fsp3) is 0.429. The lowest BCUT2D eigenvalue weighted by Gasteiger charge is -2.34. The first-order valence-electron chi connectivity index (χ1n) is 10.3. The molecule has 0 aromatic carbocycles. The van der Waals surface area contributed by atoms with Crippen LogP contribution in [0.4, 0.5) is 0 Å². The van der Waals surface area contributed by atoms with Crippen molar-refractivity contribution in [3.63, 3.8) is 0 Å². The van der Waals surface area contributed by atoms with E-state index in [1.807, 2.05) is 17.0 Å². The Morgan fingerprint density at radius 2 is 1.94 bits per heavy atom. The van der Waals surface area contributed by atoms with Crippen molar-refractivity contribution in [3.8, 4) is 0 Å². The number of fused-ring (bicyclic) bond motifs is 1. The number of hydrogen-bond acceptors (Lipinski definition) is 7. The molecule has 162 valence electrons. The molecular weight excluding hydrogens is 418 g/mol. The molecule has 3 aromatic rings. The van der Waals surface area contributed by atoms with Gasteiger partial charge in [-0.15, -0.1) is 11.3 Å². The first-order valence-corrected chi connectivity index (χ1v) is 11.1. The molecule has 0 N–H and O–H groups in total. The van der Waals surface area contributed by atoms with Gasteiger partial charge in [-0.1, -0.05) is 6.07 Å². The summed E-state index contributed by atoms with van der Waals surface area (Å²) in [7, 11) is 1.78. The highest BCUT2D eigenvalue weighted by Crippen LogP contribution is 2.38. The second-order valence-electron chi connectivity index (χ2n) is 7.62. The number of hydrogen-bond donors (Lipinski definition) is 0. The summed E-state index contributed by atoms with van der Waals surface area (Å²) in [5.41, 5.74) is 1.37. The third-order valence-corrected chi connectivity index (χ3v) is 6.74. The molecule has 0 bridgehead atoms. The van der Waals surface area contributed by atoms with Crippen LogP contribution in [0, 0.1) is 0 Å². The van der Waals surface area contributed by atoms with E-state index in [1.165, 1.54) is 11.3 Å². The summed E-state index contributed by atoms with van der Waals surface area (Å²) in [6.07, 6.45) is 4.62. The number of carbonyl (C=O) groups excluding carboxylic acids is 2. The summed E-state index contributed by atoms with van der Waals surface area (Å²) in [6, 6.07) is 3.83. The molecule has 5 heterocycles. The van der Waals surface area contributed by atoms with Crippen molar-refractivity contribution >= 4 is 33.4 Å². The highest BCUT2D eigenvalue weighted by molar-refractivity contribution is 7.20. The van der Waals surface area contributed by atoms with Gasteiger partial charge >= 0.3 is 0 Å². The minimum atomic E-state index is -0.396. The quantitative estimate of drug-likeness (QED) is 0.615. The molecule has 9 nitrogen and oxygen atoms in total. The zero-order chi connectivity index (χ0) is 21.4. The van der Waals surface area contributed by atoms with E-state index in [0.29, 0.717) is 56.4 Å². The molecule has 31 heavy (non-hydrogen) atoms. The molecule has 0 radical (unpaired) electrons. The maximum atomic E-state index is 13.4. The third-order valence-electron chi connectivity index (χ3n) is 5.62. The van der Waals surface area contributed by atoms with Crippen LogP contribution in [0.2, 0.25) is 0 Å². The summed E-state index contributed by atoms with van der Waals surface area (Å²) >= 11 is 1.39. The van der Waals surface area contributed by atoms with Crippen LogP contribution < -0.4 is 0 Å². The summed E-state index contributed by atoms with van der Waals surface area (Å²) in [5.74, 6) is -0.110. The van der Waals surface area contributed by atoms with Crippen LogP contribution in [0.3, 0.4) is 0 Å². The van der Waals surface area contributed by atoms with Crippen molar-refractivity contribution in [3.05, 3.63) is 46.7 Å². The first-order chi connectivity index (χ1) is 15.1. The van der Waals surface area contributed by atoms with Crippen LogP contribution in [0.5, 0.6) is 0 Å². The topological polar surface area (TPSA) is 89.8 Å². The first kappa shape index (κ1) is 20.1. The molecule has 0 spiro atoms. The Hall–Kier alpha value is -2.82. The number of morpholine rings is 2. The molecule has 0 aliphatic carbocycles. The summed E-state index contributed by atoms with van der Waals surface area (Å²) < 4.78 is 13.1. The van der Waals surface area contributed by atoms with Gasteiger partial charge < -0.3 is 19.3 Å². The Morgan fingerprint density at radius 1 is 1.13 bits per heavy atom. The molecule has 2 aliphatic heterocycles. The number of amides is 2. The Bertz CT molecular complexity index is 1120. The summed E-state index contributed by atoms with van der Waals surface area (Å²) in [6.45, 7) is 3.48. The zero-order valence-corrected chi connectivity index (χ0v) is 18.0. The number of pyridine rings is 1. The molecule has 1 atom stereocenters. The van der Waals surface area contributed by atoms with E-state index in [1.54, 1.807) is 35.2 Å². The Balaban J connectivity index is 1.48. The van der Waals surface area contributed by atoms with Crippen molar-refractivity contribution in [2.75, 3.05) is 46.0 Å². The molecule has 2 aliphatic rings. The van der Waals surface area contributed by atoms with Crippen LogP contribution in [0.15, 0.2) is 30.7 Å². The highest BCUT2D eigenvalue weighted by atomic mass is 32.1. The van der Waals surface area contributed by atoms with Gasteiger partial charge in [-0.25, -0.2) is 4.98 Å². The van der Waals surface area contributed by atoms with Gasteiger partial charge in [-0.3, -0.25) is 14.3 Å². The van der Waals surface area contributed by atoms with Crippen molar-refractivity contribution < 1.29 is 19.1 Å². The van der Waals surface area contributed by atoms with Gasteiger partial charge in [0.15, 0.2) is 0 Å². The highest BCUT2D eigenvalue weighted by Gasteiger charge is 2.34. The fourth-order valence-corrected chi connectivity index (χ4v) is 5.22. The lowest BCUT2D eigenvalue weighted by Crippen LogP contribution is -2.43. The van der Waals surface area contributed by atoms with Crippen LogP contribution in [0.1, 0.15) is 31.7 Å². The SMILES string of the molecule is Cn1cc(C(=O)N2CCO[C@@H](c3c(C(=O)N4CCOCC4)sc4ncccc34)C2)cn1. The molecule has 3 aromatic heterocycles. The molecule has 0 saturated carbocycles. The van der Waals surface area contributed by atoms with Crippen LogP contribution in [0.25, 0.3) is 10.2 Å². The smallest absolute Gasteiger partial charge is 0.264 e. The molecule has 2 amide bonds. The number of nitrogens with zero attached hydrogens (tertiary/aromatic N) is 5. The van der Waals surface area contributed by atoms with Gasteiger partial charge in [0.1, 0.15) is 15.8 Å². The largest absolute Gasteiger partial charge is 0.378 e. The lowest BCUT2D eigenvalue weighted by molar-refractivity contribution is -0.0225. The van der Waals surface area contributed by atoms with E-state index in [0.717, 1.165) is 15.8 Å². The number of rotatable bonds is 3. The maximum absolute atomic E-state index is 13.4. The monoisotopic (exact) mass is 441 g/mol. The molecule has 2 fully saturated rings. The predicted molar refractivity (Wildman–Crippen MR) is 114 cm³/mol. The van der Waals surface area contributed by atoms with E-state index < -0.39 is 6.10 Å². The predicted octanol–water partition coefficient (Wildman–Crippen LogP) is 1.72. The molecule has 0 unspecified atom stereocenters. The second kappa shape index (κ2) is 8.37. The maximum Gasteiger partial charge on any atom is 0.264 e. The number of aromatic nitrogens is 3. The van der Waals surface area contributed by atoms with Crippen molar-refractivity contribution in [2.45, 2.75) is 6.10 Å². The fourth-order valence-electron chi connectivity index (χ4n) is 4.06. The van der Waals surface area contributed by atoms with Gasteiger partial charge in [-0.2, -0.15) is 5.10 Å². The van der Waals surface area contributed by atoms with Gasteiger partial charge in [-0.05, 0) is 6.07 Å². The standard InChI is InChI=1S/C21H23N5O4S/c1-24-12-14(11-23-24)20(27)26-7-10-30-16(13-26)17-15-3-2-4-22-19(15)31-18(17)21(28)25-5-8-29-9-6-25/h2-4,11-12,16H,5-10,13H2,1H3/t16-/m1/s1. The minimum absolute atomic E-state index is 0.0272. The Kier molecular flexibility index (Phi) is 5.43. The zero-order valence-electron chi connectivity index (χ0n) is 17.2. The lowest BCUT2D eigenvalue weighted by atomic mass is 10.0. The normalized spacial score (nSPS) is 19.7. The van der Waals surface area contributed by atoms with E-state index in [-0.39, 0.29) is 11.8 Å². The average molecular weight is 442 g/mol. The molecular formula is C21H23N5O4S. The van der Waals surface area contributed by atoms with E-state index in [9.17, 15) is 9.59 Å². The van der Waals surface area contributed by atoms with E-state index in [2.05, 4.69) is 10.1 Å². The number of thiophene rings is 1.